The van der Waals surface area contributed by atoms with Gasteiger partial charge in [0, 0.05) is 11.9 Å². The van der Waals surface area contributed by atoms with E-state index >= 15 is 0 Å². The number of para-hydroxylation sites is 1. The third-order valence-corrected chi connectivity index (χ3v) is 7.32. The number of halogens is 2. The smallest absolute Gasteiger partial charge is 0.192 e. The van der Waals surface area contributed by atoms with Gasteiger partial charge in [0.1, 0.15) is 0 Å². The largest absolute Gasteiger partial charge is 0.398 e. The van der Waals surface area contributed by atoms with Gasteiger partial charge in [-0.25, -0.2) is 0 Å². The van der Waals surface area contributed by atoms with E-state index in [-0.39, 0.29) is 30.6 Å². The molecule has 1 aliphatic carbocycles. The van der Waals surface area contributed by atoms with Gasteiger partial charge in [-0.05, 0) is 74.7 Å². The third kappa shape index (κ3) is 6.24. The molecular formula is C29H35Cl2N3O. The number of allylic oxidation sites excluding steroid dienone is 2. The molecule has 0 unspecified atom stereocenters. The molecule has 0 saturated carbocycles. The first-order valence-electron chi connectivity index (χ1n) is 12.4. The number of aromatic nitrogens is 1. The Balaban J connectivity index is 0.00000171. The number of benzene rings is 2. The third-order valence-electron chi connectivity index (χ3n) is 7.32. The van der Waals surface area contributed by atoms with Gasteiger partial charge in [-0.15, -0.1) is 24.8 Å². The van der Waals surface area contributed by atoms with E-state index in [9.17, 15) is 4.79 Å². The summed E-state index contributed by atoms with van der Waals surface area (Å²) in [6, 6.07) is 18.6. The van der Waals surface area contributed by atoms with Crippen molar-refractivity contribution < 1.29 is 4.79 Å². The number of carbonyl (C=O) groups excluding carboxylic acids is 1. The Hall–Kier alpha value is -2.40. The zero-order valence-corrected chi connectivity index (χ0v) is 21.8. The predicted molar refractivity (Wildman–Crippen MR) is 150 cm³/mol. The van der Waals surface area contributed by atoms with Crippen molar-refractivity contribution >= 4 is 47.2 Å². The number of Topliss-reactive ketones (excluding diaryl/α,β-unsaturated/α-hetero) is 1. The minimum Gasteiger partial charge on any atom is -0.398 e. The van der Waals surface area contributed by atoms with Crippen molar-refractivity contribution in [3.8, 4) is 0 Å². The van der Waals surface area contributed by atoms with E-state index in [0.29, 0.717) is 11.3 Å². The summed E-state index contributed by atoms with van der Waals surface area (Å²) in [6.07, 6.45) is 9.68. The van der Waals surface area contributed by atoms with Crippen molar-refractivity contribution in [1.82, 2.24) is 9.88 Å². The van der Waals surface area contributed by atoms with Crippen LogP contribution in [-0.4, -0.2) is 28.8 Å². The second-order valence-corrected chi connectivity index (χ2v) is 9.56. The summed E-state index contributed by atoms with van der Waals surface area (Å²) < 4.78 is 0. The van der Waals surface area contributed by atoms with Gasteiger partial charge in [-0.1, -0.05) is 61.0 Å². The Morgan fingerprint density at radius 2 is 1.69 bits per heavy atom. The Kier molecular flexibility index (Phi) is 9.73. The highest BCUT2D eigenvalue weighted by molar-refractivity contribution is 6.16. The molecule has 2 aromatic carbocycles. The number of anilines is 1. The molecule has 0 bridgehead atoms. The molecule has 0 spiro atoms. The van der Waals surface area contributed by atoms with Crippen LogP contribution in [0.25, 0.3) is 10.9 Å². The number of pyridine rings is 1. The van der Waals surface area contributed by atoms with E-state index in [1.54, 1.807) is 0 Å². The SMILES string of the molecule is Cl.Cl.Nc1c2c(nc3ccccc13)CCC(=CCCCC1CCN(Cc3ccccc3)CC1)C2=O. The van der Waals surface area contributed by atoms with Gasteiger partial charge < -0.3 is 5.73 Å². The zero-order chi connectivity index (χ0) is 22.6. The number of likely N-dealkylation sites (tertiary alicyclic amines) is 1. The van der Waals surface area contributed by atoms with Gasteiger partial charge in [0.2, 0.25) is 0 Å². The molecule has 0 atom stereocenters. The first-order valence-corrected chi connectivity index (χ1v) is 12.4. The van der Waals surface area contributed by atoms with Gasteiger partial charge in [-0.2, -0.15) is 0 Å². The van der Waals surface area contributed by atoms with Crippen LogP contribution in [0.5, 0.6) is 0 Å². The summed E-state index contributed by atoms with van der Waals surface area (Å²) in [5.41, 5.74) is 11.7. The second-order valence-electron chi connectivity index (χ2n) is 9.56. The highest BCUT2D eigenvalue weighted by Crippen LogP contribution is 2.33. The number of ketones is 1. The monoisotopic (exact) mass is 511 g/mol. The Bertz CT molecular complexity index is 1170. The van der Waals surface area contributed by atoms with E-state index in [1.807, 2.05) is 24.3 Å². The Morgan fingerprint density at radius 3 is 2.46 bits per heavy atom. The van der Waals surface area contributed by atoms with Crippen molar-refractivity contribution in [3.05, 3.63) is 83.1 Å². The summed E-state index contributed by atoms with van der Waals surface area (Å²) in [7, 11) is 0. The number of nitrogen functional groups attached to an aromatic ring is 1. The molecule has 186 valence electrons. The normalized spacial score (nSPS) is 17.6. The number of hydrogen-bond donors (Lipinski definition) is 1. The van der Waals surface area contributed by atoms with E-state index in [0.717, 1.165) is 60.3 Å². The first kappa shape index (κ1) is 27.2. The molecule has 6 heteroatoms. The number of piperidine rings is 1. The highest BCUT2D eigenvalue weighted by Gasteiger charge is 2.26. The van der Waals surface area contributed by atoms with Gasteiger partial charge in [0.05, 0.1) is 22.5 Å². The van der Waals surface area contributed by atoms with E-state index < -0.39 is 0 Å². The maximum atomic E-state index is 13.2. The van der Waals surface area contributed by atoms with Crippen LogP contribution in [0, 0.1) is 5.92 Å². The fraction of sp³-hybridized carbons (Fsp3) is 0.379. The quantitative estimate of drug-likeness (QED) is 0.292. The molecule has 1 aromatic heterocycles. The molecule has 0 radical (unpaired) electrons. The molecule has 0 amide bonds. The standard InChI is InChI=1S/C29H33N3O.2ClH/c30-28-24-12-6-7-13-25(24)31-26-15-14-23(29(33)27(26)28)11-5-4-8-21-16-18-32(19-17-21)20-22-9-2-1-3-10-22;;/h1-3,6-7,9-13,21H,4-5,8,14-20H2,(H2,30,31);2*1H. The number of unbranched alkanes of at least 4 members (excludes halogenated alkanes) is 1. The zero-order valence-electron chi connectivity index (χ0n) is 20.1. The number of aryl methyl sites for hydroxylation is 1. The number of hydrogen-bond acceptors (Lipinski definition) is 4. The summed E-state index contributed by atoms with van der Waals surface area (Å²) >= 11 is 0. The molecule has 1 saturated heterocycles. The van der Waals surface area contributed by atoms with Gasteiger partial charge in [0.15, 0.2) is 5.78 Å². The van der Waals surface area contributed by atoms with Crippen LogP contribution in [0.2, 0.25) is 0 Å². The fourth-order valence-corrected chi connectivity index (χ4v) is 5.40. The van der Waals surface area contributed by atoms with Crippen LogP contribution in [0.3, 0.4) is 0 Å². The van der Waals surface area contributed by atoms with Gasteiger partial charge >= 0.3 is 0 Å². The van der Waals surface area contributed by atoms with Crippen LogP contribution in [0.15, 0.2) is 66.2 Å². The predicted octanol–water partition coefficient (Wildman–Crippen LogP) is 6.80. The van der Waals surface area contributed by atoms with E-state index in [4.69, 9.17) is 10.7 Å². The molecule has 35 heavy (non-hydrogen) atoms. The van der Waals surface area contributed by atoms with E-state index in [1.165, 1.54) is 37.9 Å². The van der Waals surface area contributed by atoms with Gasteiger partial charge in [0.25, 0.3) is 0 Å². The maximum absolute atomic E-state index is 13.2. The minimum absolute atomic E-state index is 0. The summed E-state index contributed by atoms with van der Waals surface area (Å²) in [4.78, 5) is 20.5. The van der Waals surface area contributed by atoms with E-state index in [2.05, 4.69) is 41.3 Å². The molecule has 2 N–H and O–H groups in total. The summed E-state index contributed by atoms with van der Waals surface area (Å²) in [6.45, 7) is 3.45. The second kappa shape index (κ2) is 12.5. The molecule has 3 aromatic rings. The number of nitrogens with two attached hydrogens (primary N) is 1. The van der Waals surface area contributed by atoms with Crippen LogP contribution in [0.1, 0.15) is 60.1 Å². The molecule has 5 rings (SSSR count). The van der Waals surface area contributed by atoms with Crippen molar-refractivity contribution in [3.63, 3.8) is 0 Å². The Labute approximate surface area is 220 Å². The van der Waals surface area contributed by atoms with Crippen molar-refractivity contribution in [2.24, 2.45) is 5.92 Å². The average Bonchev–Trinajstić information content (AvgIpc) is 2.85. The molecule has 2 aliphatic rings. The van der Waals surface area contributed by atoms with Crippen molar-refractivity contribution in [1.29, 1.82) is 0 Å². The lowest BCUT2D eigenvalue weighted by Crippen LogP contribution is -2.33. The lowest BCUT2D eigenvalue weighted by molar-refractivity contribution is 0.102. The van der Waals surface area contributed by atoms with Crippen LogP contribution in [-0.2, 0) is 13.0 Å². The minimum atomic E-state index is 0. The number of nitrogens with zero attached hydrogens (tertiary/aromatic N) is 2. The fourth-order valence-electron chi connectivity index (χ4n) is 5.40. The lowest BCUT2D eigenvalue weighted by Gasteiger charge is -2.32. The maximum Gasteiger partial charge on any atom is 0.192 e. The molecule has 1 aliphatic heterocycles. The van der Waals surface area contributed by atoms with Crippen LogP contribution < -0.4 is 5.73 Å². The molecule has 1 fully saturated rings. The molecule has 2 heterocycles. The molecular weight excluding hydrogens is 477 g/mol. The number of rotatable bonds is 6. The highest BCUT2D eigenvalue weighted by atomic mass is 35.5. The van der Waals surface area contributed by atoms with Gasteiger partial charge in [-0.3, -0.25) is 14.7 Å². The number of fused-ring (bicyclic) bond motifs is 2. The van der Waals surface area contributed by atoms with Crippen LogP contribution >= 0.6 is 24.8 Å². The van der Waals surface area contributed by atoms with Crippen molar-refractivity contribution in [2.75, 3.05) is 18.8 Å². The average molecular weight is 513 g/mol. The summed E-state index contributed by atoms with van der Waals surface area (Å²) in [5, 5.41) is 0.879. The molecule has 4 nitrogen and oxygen atoms in total. The number of carbonyl (C=O) groups is 1. The van der Waals surface area contributed by atoms with Crippen molar-refractivity contribution in [2.45, 2.75) is 51.5 Å². The summed E-state index contributed by atoms with van der Waals surface area (Å²) in [5.74, 6) is 0.894. The first-order chi connectivity index (χ1) is 16.2. The Morgan fingerprint density at radius 1 is 0.971 bits per heavy atom. The lowest BCUT2D eigenvalue weighted by atomic mass is 9.86. The topological polar surface area (TPSA) is 59.2 Å². The van der Waals surface area contributed by atoms with Crippen LogP contribution in [0.4, 0.5) is 5.69 Å².